The normalized spacial score (nSPS) is 15.2. The maximum atomic E-state index is 4.27. The lowest BCUT2D eigenvalue weighted by atomic mass is 10.5. The lowest BCUT2D eigenvalue weighted by molar-refractivity contribution is 0.540. The van der Waals surface area contributed by atoms with Crippen molar-refractivity contribution in [1.29, 1.82) is 0 Å². The molecule has 0 aliphatic carbocycles. The summed E-state index contributed by atoms with van der Waals surface area (Å²) in [5, 5.41) is 0. The number of aliphatic imine (C=N–C) groups is 1. The summed E-state index contributed by atoms with van der Waals surface area (Å²) in [5.74, 6) is 1.64. The zero-order valence-electron chi connectivity index (χ0n) is 8.07. The van der Waals surface area contributed by atoms with Gasteiger partial charge in [-0.25, -0.2) is 9.98 Å². The fraction of sp³-hybridized carbons (Fsp3) is 0.333. The highest BCUT2D eigenvalue weighted by Gasteiger charge is 2.10. The Labute approximate surface area is 82.8 Å². The van der Waals surface area contributed by atoms with Crippen LogP contribution in [0.25, 0.3) is 0 Å². The van der Waals surface area contributed by atoms with E-state index in [0.717, 1.165) is 24.9 Å². The molecule has 0 radical (unpaired) electrons. The van der Waals surface area contributed by atoms with Gasteiger partial charge >= 0.3 is 0 Å². The van der Waals surface area contributed by atoms with Crippen molar-refractivity contribution >= 4 is 11.8 Å². The molecule has 0 fully saturated rings. The van der Waals surface area contributed by atoms with Gasteiger partial charge in [-0.15, -0.1) is 0 Å². The smallest absolute Gasteiger partial charge is 0.212 e. The Kier molecular flexibility index (Phi) is 2.48. The third-order valence-electron chi connectivity index (χ3n) is 2.03. The molecule has 2 N–H and O–H groups in total. The Morgan fingerprint density at radius 2 is 2.29 bits per heavy atom. The van der Waals surface area contributed by atoms with Gasteiger partial charge in [0, 0.05) is 19.8 Å². The Hall–Kier alpha value is -1.78. The highest BCUT2D eigenvalue weighted by atomic mass is 15.5. The third-order valence-corrected chi connectivity index (χ3v) is 2.03. The van der Waals surface area contributed by atoms with E-state index in [1.165, 1.54) is 0 Å². The van der Waals surface area contributed by atoms with Crippen LogP contribution in [0.5, 0.6) is 0 Å². The molecule has 1 aliphatic heterocycles. The van der Waals surface area contributed by atoms with Crippen molar-refractivity contribution in [3.63, 3.8) is 0 Å². The van der Waals surface area contributed by atoms with Crippen molar-refractivity contribution in [1.82, 2.24) is 15.3 Å². The zero-order chi connectivity index (χ0) is 9.80. The Morgan fingerprint density at radius 1 is 1.36 bits per heavy atom. The highest BCUT2D eigenvalue weighted by Crippen LogP contribution is 1.99. The minimum absolute atomic E-state index is 0.788. The van der Waals surface area contributed by atoms with Crippen LogP contribution >= 0.6 is 0 Å². The van der Waals surface area contributed by atoms with Crippen LogP contribution in [0.1, 0.15) is 0 Å². The van der Waals surface area contributed by atoms with Crippen LogP contribution in [0.3, 0.4) is 0 Å². The molecule has 0 atom stereocenters. The summed E-state index contributed by atoms with van der Waals surface area (Å²) in [6, 6.07) is 5.70. The Morgan fingerprint density at radius 3 is 2.93 bits per heavy atom. The number of hydrazine groups is 1. The minimum atomic E-state index is 0.788. The summed E-state index contributed by atoms with van der Waals surface area (Å²) in [6.45, 7) is 1.81. The van der Waals surface area contributed by atoms with E-state index in [9.17, 15) is 0 Å². The van der Waals surface area contributed by atoms with Crippen molar-refractivity contribution in [2.24, 2.45) is 4.99 Å². The molecule has 2 rings (SSSR count). The SMILES string of the molecule is CN1CCN=C1NNc1ccccn1. The molecule has 1 aromatic heterocycles. The van der Waals surface area contributed by atoms with Crippen LogP contribution in [-0.4, -0.2) is 36.0 Å². The first-order valence-corrected chi connectivity index (χ1v) is 4.55. The second-order valence-corrected chi connectivity index (χ2v) is 3.09. The third kappa shape index (κ3) is 1.93. The van der Waals surface area contributed by atoms with Crippen LogP contribution in [0, 0.1) is 0 Å². The van der Waals surface area contributed by atoms with E-state index >= 15 is 0 Å². The molecule has 0 spiro atoms. The number of nitrogens with one attached hydrogen (secondary N) is 2. The predicted molar refractivity (Wildman–Crippen MR) is 55.9 cm³/mol. The van der Waals surface area contributed by atoms with Crippen molar-refractivity contribution < 1.29 is 0 Å². The molecular formula is C9H13N5. The number of hydrogen-bond donors (Lipinski definition) is 2. The highest BCUT2D eigenvalue weighted by molar-refractivity contribution is 5.82. The van der Waals surface area contributed by atoms with E-state index in [1.807, 2.05) is 25.2 Å². The average Bonchev–Trinajstić information content (AvgIpc) is 2.63. The summed E-state index contributed by atoms with van der Waals surface area (Å²) in [5.41, 5.74) is 5.99. The molecule has 0 unspecified atom stereocenters. The van der Waals surface area contributed by atoms with Crippen molar-refractivity contribution in [3.05, 3.63) is 24.4 Å². The van der Waals surface area contributed by atoms with Gasteiger partial charge in [-0.05, 0) is 12.1 Å². The number of anilines is 1. The molecule has 14 heavy (non-hydrogen) atoms. The van der Waals surface area contributed by atoms with E-state index in [1.54, 1.807) is 6.20 Å². The topological polar surface area (TPSA) is 52.5 Å². The van der Waals surface area contributed by atoms with Crippen molar-refractivity contribution in [3.8, 4) is 0 Å². The molecule has 0 amide bonds. The fourth-order valence-electron chi connectivity index (χ4n) is 1.22. The second-order valence-electron chi connectivity index (χ2n) is 3.09. The molecule has 1 aromatic rings. The molecule has 5 nitrogen and oxygen atoms in total. The van der Waals surface area contributed by atoms with E-state index < -0.39 is 0 Å². The van der Waals surface area contributed by atoms with Crippen molar-refractivity contribution in [2.45, 2.75) is 0 Å². The number of aromatic nitrogens is 1. The van der Waals surface area contributed by atoms with Gasteiger partial charge in [0.2, 0.25) is 5.96 Å². The van der Waals surface area contributed by atoms with Gasteiger partial charge in [-0.2, -0.15) is 0 Å². The van der Waals surface area contributed by atoms with E-state index in [0.29, 0.717) is 0 Å². The second kappa shape index (κ2) is 3.95. The van der Waals surface area contributed by atoms with Crippen LogP contribution in [0.15, 0.2) is 29.4 Å². The van der Waals surface area contributed by atoms with Gasteiger partial charge in [-0.3, -0.25) is 10.9 Å². The molecule has 0 saturated carbocycles. The van der Waals surface area contributed by atoms with Crippen LogP contribution in [-0.2, 0) is 0 Å². The monoisotopic (exact) mass is 191 g/mol. The van der Waals surface area contributed by atoms with Gasteiger partial charge < -0.3 is 4.90 Å². The fourth-order valence-corrected chi connectivity index (χ4v) is 1.22. The Bertz CT molecular complexity index is 321. The maximum absolute atomic E-state index is 4.27. The lowest BCUT2D eigenvalue weighted by Gasteiger charge is -2.15. The molecule has 0 aromatic carbocycles. The minimum Gasteiger partial charge on any atom is -0.343 e. The number of hydrogen-bond acceptors (Lipinski definition) is 5. The molecular weight excluding hydrogens is 178 g/mol. The van der Waals surface area contributed by atoms with Gasteiger partial charge in [0.15, 0.2) is 0 Å². The maximum Gasteiger partial charge on any atom is 0.212 e. The number of rotatable bonds is 2. The first-order valence-electron chi connectivity index (χ1n) is 4.55. The van der Waals surface area contributed by atoms with Crippen LogP contribution < -0.4 is 10.9 Å². The molecule has 2 heterocycles. The summed E-state index contributed by atoms with van der Waals surface area (Å²) in [4.78, 5) is 10.4. The van der Waals surface area contributed by atoms with Crippen molar-refractivity contribution in [2.75, 3.05) is 25.6 Å². The van der Waals surface area contributed by atoms with Gasteiger partial charge in [-0.1, -0.05) is 6.07 Å². The van der Waals surface area contributed by atoms with Gasteiger partial charge in [0.25, 0.3) is 0 Å². The number of likely N-dealkylation sites (N-methyl/N-ethyl adjacent to an activating group) is 1. The van der Waals surface area contributed by atoms with Crippen LogP contribution in [0.2, 0.25) is 0 Å². The molecule has 1 aliphatic rings. The average molecular weight is 191 g/mol. The number of nitrogens with zero attached hydrogens (tertiary/aromatic N) is 3. The zero-order valence-corrected chi connectivity index (χ0v) is 8.07. The van der Waals surface area contributed by atoms with E-state index in [4.69, 9.17) is 0 Å². The summed E-state index contributed by atoms with van der Waals surface area (Å²) >= 11 is 0. The molecule has 0 bridgehead atoms. The van der Waals surface area contributed by atoms with Crippen LogP contribution in [0.4, 0.5) is 5.82 Å². The Balaban J connectivity index is 1.89. The number of guanidine groups is 1. The first-order chi connectivity index (χ1) is 6.86. The summed E-state index contributed by atoms with van der Waals surface area (Å²) in [6.07, 6.45) is 1.74. The largest absolute Gasteiger partial charge is 0.343 e. The standard InChI is InChI=1S/C9H13N5/c1-14-7-6-11-9(14)13-12-8-4-2-3-5-10-8/h2-5H,6-7H2,1H3,(H,10,12)(H,11,13). The summed E-state index contributed by atoms with van der Waals surface area (Å²) < 4.78 is 0. The molecule has 5 heteroatoms. The molecule has 0 saturated heterocycles. The first kappa shape index (κ1) is 8.80. The molecule has 74 valence electrons. The number of pyridine rings is 1. The lowest BCUT2D eigenvalue weighted by Crippen LogP contribution is -2.39. The summed E-state index contributed by atoms with van der Waals surface area (Å²) in [7, 11) is 2.00. The van der Waals surface area contributed by atoms with Gasteiger partial charge in [0.05, 0.1) is 6.54 Å². The van der Waals surface area contributed by atoms with E-state index in [-0.39, 0.29) is 0 Å². The van der Waals surface area contributed by atoms with Gasteiger partial charge in [0.1, 0.15) is 5.82 Å². The quantitative estimate of drug-likeness (QED) is 0.660. The van der Waals surface area contributed by atoms with E-state index in [2.05, 4.69) is 25.7 Å². The predicted octanol–water partition coefficient (Wildman–Crippen LogP) is 0.299.